The standard InChI is InChI=1S/C19H12F3N5O/c20-19(21,22)14-6-2-1-5-13(14)15-7-8-16-24-11-17(27(16)26-15)25-18(28)12-4-3-9-23-10-12/h1-11H,(H,25,28). The van der Waals surface area contributed by atoms with Crippen LogP contribution in [0.25, 0.3) is 16.9 Å². The minimum absolute atomic E-state index is 0.0601. The fraction of sp³-hybridized carbons (Fsp3) is 0.0526. The van der Waals surface area contributed by atoms with E-state index in [0.717, 1.165) is 6.07 Å². The number of nitrogens with one attached hydrogen (secondary N) is 1. The molecule has 0 radical (unpaired) electrons. The second-order valence-corrected chi connectivity index (χ2v) is 5.87. The van der Waals surface area contributed by atoms with Crippen molar-refractivity contribution in [1.82, 2.24) is 19.6 Å². The summed E-state index contributed by atoms with van der Waals surface area (Å²) in [5.74, 6) is -0.201. The Labute approximate surface area is 156 Å². The number of halogens is 3. The van der Waals surface area contributed by atoms with Crippen molar-refractivity contribution in [3.8, 4) is 11.3 Å². The number of pyridine rings is 1. The van der Waals surface area contributed by atoms with Crippen molar-refractivity contribution in [2.75, 3.05) is 5.32 Å². The van der Waals surface area contributed by atoms with Gasteiger partial charge in [0.15, 0.2) is 11.5 Å². The Bertz CT molecular complexity index is 1160. The van der Waals surface area contributed by atoms with E-state index in [0.29, 0.717) is 11.2 Å². The summed E-state index contributed by atoms with van der Waals surface area (Å²) in [6.07, 6.45) is -0.191. The zero-order chi connectivity index (χ0) is 19.7. The lowest BCUT2D eigenvalue weighted by Crippen LogP contribution is -2.14. The van der Waals surface area contributed by atoms with Crippen molar-refractivity contribution < 1.29 is 18.0 Å². The molecular formula is C19H12F3N5O. The molecule has 0 unspecified atom stereocenters. The summed E-state index contributed by atoms with van der Waals surface area (Å²) in [4.78, 5) is 20.3. The summed E-state index contributed by atoms with van der Waals surface area (Å²) >= 11 is 0. The predicted octanol–water partition coefficient (Wildman–Crippen LogP) is 4.06. The SMILES string of the molecule is O=C(Nc1cnc2ccc(-c3ccccc3C(F)(F)F)nn12)c1cccnc1. The van der Waals surface area contributed by atoms with E-state index in [9.17, 15) is 18.0 Å². The third kappa shape index (κ3) is 3.29. The molecule has 1 aromatic carbocycles. The molecule has 3 aromatic heterocycles. The topological polar surface area (TPSA) is 72.2 Å². The minimum Gasteiger partial charge on any atom is -0.305 e. The highest BCUT2D eigenvalue weighted by Gasteiger charge is 2.33. The van der Waals surface area contributed by atoms with Gasteiger partial charge in [0.1, 0.15) is 0 Å². The molecule has 28 heavy (non-hydrogen) atoms. The minimum atomic E-state index is -4.51. The zero-order valence-electron chi connectivity index (χ0n) is 14.2. The van der Waals surface area contributed by atoms with Crippen molar-refractivity contribution >= 4 is 17.4 Å². The fourth-order valence-corrected chi connectivity index (χ4v) is 2.74. The number of fused-ring (bicyclic) bond motifs is 1. The largest absolute Gasteiger partial charge is 0.417 e. The first kappa shape index (κ1) is 17.7. The summed E-state index contributed by atoms with van der Waals surface area (Å²) in [5.41, 5.74) is -0.0286. The molecule has 1 N–H and O–H groups in total. The van der Waals surface area contributed by atoms with Gasteiger partial charge >= 0.3 is 6.18 Å². The molecule has 0 spiro atoms. The fourth-order valence-electron chi connectivity index (χ4n) is 2.74. The molecule has 0 saturated heterocycles. The van der Waals surface area contributed by atoms with Crippen molar-refractivity contribution in [3.05, 3.63) is 78.2 Å². The quantitative estimate of drug-likeness (QED) is 0.579. The Hall–Kier alpha value is -3.75. The average Bonchev–Trinajstić information content (AvgIpc) is 3.10. The van der Waals surface area contributed by atoms with Crippen molar-refractivity contribution in [3.63, 3.8) is 0 Å². The van der Waals surface area contributed by atoms with Crippen molar-refractivity contribution in [2.45, 2.75) is 6.18 Å². The molecule has 4 rings (SSSR count). The van der Waals surface area contributed by atoms with Gasteiger partial charge in [0.25, 0.3) is 5.91 Å². The number of hydrogen-bond acceptors (Lipinski definition) is 4. The summed E-state index contributed by atoms with van der Waals surface area (Å²) in [7, 11) is 0. The predicted molar refractivity (Wildman–Crippen MR) is 95.6 cm³/mol. The number of carbonyl (C=O) groups is 1. The van der Waals surface area contributed by atoms with E-state index in [2.05, 4.69) is 20.4 Å². The third-order valence-corrected chi connectivity index (χ3v) is 4.04. The summed E-state index contributed by atoms with van der Waals surface area (Å²) in [6, 6.07) is 11.4. The Morgan fingerprint density at radius 3 is 2.57 bits per heavy atom. The van der Waals surface area contributed by atoms with Gasteiger partial charge in [-0.2, -0.15) is 22.8 Å². The molecule has 0 aliphatic rings. The molecule has 9 heteroatoms. The van der Waals surface area contributed by atoms with E-state index < -0.39 is 17.6 Å². The molecule has 3 heterocycles. The van der Waals surface area contributed by atoms with Crippen LogP contribution in [0.15, 0.2) is 67.1 Å². The maximum atomic E-state index is 13.3. The van der Waals surface area contributed by atoms with Gasteiger partial charge in [-0.3, -0.25) is 9.78 Å². The molecule has 6 nitrogen and oxygen atoms in total. The van der Waals surface area contributed by atoms with Gasteiger partial charge in [-0.25, -0.2) is 4.98 Å². The van der Waals surface area contributed by atoms with Crippen LogP contribution in [0.4, 0.5) is 19.0 Å². The molecular weight excluding hydrogens is 371 g/mol. The lowest BCUT2D eigenvalue weighted by Gasteiger charge is -2.12. The number of alkyl halides is 3. The van der Waals surface area contributed by atoms with Crippen LogP contribution < -0.4 is 5.32 Å². The Kier molecular flexibility index (Phi) is 4.26. The lowest BCUT2D eigenvalue weighted by molar-refractivity contribution is -0.137. The highest BCUT2D eigenvalue weighted by atomic mass is 19.4. The molecule has 0 atom stereocenters. The van der Waals surface area contributed by atoms with Crippen LogP contribution in [0.1, 0.15) is 15.9 Å². The Morgan fingerprint density at radius 2 is 1.82 bits per heavy atom. The van der Waals surface area contributed by atoms with Gasteiger partial charge in [-0.05, 0) is 30.3 Å². The number of hydrogen-bond donors (Lipinski definition) is 1. The second-order valence-electron chi connectivity index (χ2n) is 5.87. The van der Waals surface area contributed by atoms with E-state index in [1.165, 1.54) is 53.4 Å². The molecule has 140 valence electrons. The van der Waals surface area contributed by atoms with Crippen LogP contribution in [-0.2, 0) is 6.18 Å². The molecule has 0 bridgehead atoms. The molecule has 0 aliphatic carbocycles. The monoisotopic (exact) mass is 383 g/mol. The van der Waals surface area contributed by atoms with E-state index >= 15 is 0 Å². The van der Waals surface area contributed by atoms with Crippen molar-refractivity contribution in [2.24, 2.45) is 0 Å². The molecule has 0 fully saturated rings. The van der Waals surface area contributed by atoms with Gasteiger partial charge in [0.2, 0.25) is 0 Å². The second kappa shape index (κ2) is 6.76. The first-order valence-electron chi connectivity index (χ1n) is 8.16. The van der Waals surface area contributed by atoms with Crippen LogP contribution in [0.5, 0.6) is 0 Å². The Morgan fingerprint density at radius 1 is 1.00 bits per heavy atom. The number of rotatable bonds is 3. The number of amides is 1. The maximum absolute atomic E-state index is 13.3. The van der Waals surface area contributed by atoms with Gasteiger partial charge in [-0.15, -0.1) is 0 Å². The number of aromatic nitrogens is 4. The van der Waals surface area contributed by atoms with Crippen LogP contribution in [0.3, 0.4) is 0 Å². The Balaban J connectivity index is 1.75. The smallest absolute Gasteiger partial charge is 0.305 e. The highest BCUT2D eigenvalue weighted by Crippen LogP contribution is 2.36. The molecule has 1 amide bonds. The summed E-state index contributed by atoms with van der Waals surface area (Å²) in [6.45, 7) is 0. The number of imidazole rings is 1. The number of anilines is 1. The molecule has 4 aromatic rings. The van der Waals surface area contributed by atoms with Crippen LogP contribution >= 0.6 is 0 Å². The number of nitrogens with zero attached hydrogens (tertiary/aromatic N) is 4. The van der Waals surface area contributed by atoms with Gasteiger partial charge < -0.3 is 5.32 Å². The van der Waals surface area contributed by atoms with Crippen LogP contribution in [-0.4, -0.2) is 25.5 Å². The van der Waals surface area contributed by atoms with E-state index in [4.69, 9.17) is 0 Å². The third-order valence-electron chi connectivity index (χ3n) is 4.04. The first-order valence-corrected chi connectivity index (χ1v) is 8.16. The first-order chi connectivity index (χ1) is 13.4. The van der Waals surface area contributed by atoms with Gasteiger partial charge in [0, 0.05) is 18.0 Å². The van der Waals surface area contributed by atoms with Crippen molar-refractivity contribution in [1.29, 1.82) is 0 Å². The van der Waals surface area contributed by atoms with E-state index in [-0.39, 0.29) is 17.1 Å². The zero-order valence-corrected chi connectivity index (χ0v) is 14.2. The van der Waals surface area contributed by atoms with Crippen LogP contribution in [0, 0.1) is 0 Å². The van der Waals surface area contributed by atoms with E-state index in [1.807, 2.05) is 0 Å². The summed E-state index contributed by atoms with van der Waals surface area (Å²) < 4.78 is 41.2. The van der Waals surface area contributed by atoms with Crippen LogP contribution in [0.2, 0.25) is 0 Å². The van der Waals surface area contributed by atoms with E-state index in [1.54, 1.807) is 12.1 Å². The lowest BCUT2D eigenvalue weighted by atomic mass is 10.0. The summed E-state index contributed by atoms with van der Waals surface area (Å²) in [5, 5.41) is 6.89. The number of benzene rings is 1. The van der Waals surface area contributed by atoms with Gasteiger partial charge in [0.05, 0.1) is 23.0 Å². The molecule has 0 saturated carbocycles. The normalized spacial score (nSPS) is 11.5. The van der Waals surface area contributed by atoms with Gasteiger partial charge in [-0.1, -0.05) is 18.2 Å². The number of carbonyl (C=O) groups excluding carboxylic acids is 1. The highest BCUT2D eigenvalue weighted by molar-refractivity contribution is 6.03. The molecule has 0 aliphatic heterocycles. The average molecular weight is 383 g/mol. The maximum Gasteiger partial charge on any atom is 0.417 e.